The molecule has 0 saturated carbocycles. The first kappa shape index (κ1) is 18.7. The quantitative estimate of drug-likeness (QED) is 0.250. The fourth-order valence-corrected chi connectivity index (χ4v) is 6.11. The lowest BCUT2D eigenvalue weighted by Gasteiger charge is -2.22. The Labute approximate surface area is 193 Å². The summed E-state index contributed by atoms with van der Waals surface area (Å²) in [6.07, 6.45) is 0. The van der Waals surface area contributed by atoms with Crippen LogP contribution in [0.15, 0.2) is 97.1 Å². The number of benzene rings is 5. The minimum absolute atomic E-state index is 0.0178. The molecule has 0 amide bonds. The van der Waals surface area contributed by atoms with E-state index in [2.05, 4.69) is 122 Å². The summed E-state index contributed by atoms with van der Waals surface area (Å²) >= 11 is 0. The van der Waals surface area contributed by atoms with Crippen LogP contribution in [-0.4, -0.2) is 4.57 Å². The maximum Gasteiger partial charge on any atom is 0.0544 e. The average molecular weight is 424 g/mol. The minimum atomic E-state index is -0.0178. The molecule has 1 aromatic heterocycles. The van der Waals surface area contributed by atoms with Gasteiger partial charge < -0.3 is 4.57 Å². The van der Waals surface area contributed by atoms with Crippen LogP contribution in [0.4, 0.5) is 0 Å². The molecule has 0 unspecified atom stereocenters. The van der Waals surface area contributed by atoms with Crippen molar-refractivity contribution in [3.63, 3.8) is 0 Å². The third kappa shape index (κ3) is 2.37. The second kappa shape index (κ2) is 6.36. The van der Waals surface area contributed by atoms with Gasteiger partial charge in [-0.05, 0) is 64.4 Å². The summed E-state index contributed by atoms with van der Waals surface area (Å²) in [4.78, 5) is 0. The highest BCUT2D eigenvalue weighted by atomic mass is 15.0. The van der Waals surface area contributed by atoms with Crippen LogP contribution in [0.5, 0.6) is 0 Å². The Hall–Kier alpha value is -3.84. The number of aryl methyl sites for hydroxylation is 1. The van der Waals surface area contributed by atoms with Crippen LogP contribution in [0.1, 0.15) is 30.5 Å². The van der Waals surface area contributed by atoms with Crippen molar-refractivity contribution in [1.29, 1.82) is 0 Å². The molecule has 0 aliphatic heterocycles. The number of aromatic nitrogens is 1. The maximum atomic E-state index is 2.49. The van der Waals surface area contributed by atoms with E-state index in [-0.39, 0.29) is 5.41 Å². The molecule has 6 aromatic rings. The summed E-state index contributed by atoms with van der Waals surface area (Å²) in [6, 6.07) is 35.9. The lowest BCUT2D eigenvalue weighted by molar-refractivity contribution is 0.661. The summed E-state index contributed by atoms with van der Waals surface area (Å²) < 4.78 is 2.49. The Morgan fingerprint density at radius 2 is 1.36 bits per heavy atom. The van der Waals surface area contributed by atoms with E-state index in [9.17, 15) is 0 Å². The zero-order chi connectivity index (χ0) is 22.3. The molecule has 1 nitrogen and oxygen atoms in total. The number of fused-ring (bicyclic) bond motifs is 7. The molecule has 0 atom stereocenters. The number of para-hydroxylation sites is 1. The van der Waals surface area contributed by atoms with Crippen molar-refractivity contribution < 1.29 is 0 Å². The van der Waals surface area contributed by atoms with Crippen LogP contribution in [-0.2, 0) is 5.41 Å². The molecule has 0 N–H and O–H groups in total. The first-order valence-electron chi connectivity index (χ1n) is 11.7. The van der Waals surface area contributed by atoms with Gasteiger partial charge in [-0.25, -0.2) is 0 Å². The predicted octanol–water partition coefficient (Wildman–Crippen LogP) is 8.55. The van der Waals surface area contributed by atoms with Gasteiger partial charge in [0, 0.05) is 21.6 Å². The van der Waals surface area contributed by atoms with Gasteiger partial charge in [-0.2, -0.15) is 0 Å². The van der Waals surface area contributed by atoms with Crippen LogP contribution < -0.4 is 0 Å². The van der Waals surface area contributed by atoms with E-state index in [1.54, 1.807) is 0 Å². The largest absolute Gasteiger partial charge is 0.309 e. The first-order chi connectivity index (χ1) is 16.1. The van der Waals surface area contributed by atoms with Gasteiger partial charge >= 0.3 is 0 Å². The van der Waals surface area contributed by atoms with Crippen LogP contribution in [0.3, 0.4) is 0 Å². The molecule has 1 heteroatoms. The Morgan fingerprint density at radius 1 is 0.606 bits per heavy atom. The first-order valence-corrected chi connectivity index (χ1v) is 11.7. The van der Waals surface area contributed by atoms with Gasteiger partial charge in [0.05, 0.1) is 16.7 Å². The van der Waals surface area contributed by atoms with Crippen molar-refractivity contribution in [2.45, 2.75) is 26.2 Å². The van der Waals surface area contributed by atoms with Crippen molar-refractivity contribution in [3.05, 3.63) is 114 Å². The zero-order valence-electron chi connectivity index (χ0n) is 19.2. The minimum Gasteiger partial charge on any atom is -0.309 e. The highest BCUT2D eigenvalue weighted by Crippen LogP contribution is 2.51. The van der Waals surface area contributed by atoms with Crippen LogP contribution >= 0.6 is 0 Å². The van der Waals surface area contributed by atoms with E-state index in [0.717, 1.165) is 0 Å². The van der Waals surface area contributed by atoms with E-state index in [4.69, 9.17) is 0 Å². The van der Waals surface area contributed by atoms with Crippen LogP contribution in [0.2, 0.25) is 0 Å². The summed E-state index contributed by atoms with van der Waals surface area (Å²) in [5.74, 6) is 0. The number of rotatable bonds is 1. The second-order valence-electron chi connectivity index (χ2n) is 9.89. The molecule has 1 heterocycles. The number of hydrogen-bond donors (Lipinski definition) is 0. The fraction of sp³-hybridized carbons (Fsp3) is 0.125. The molecular formula is C32H25N. The van der Waals surface area contributed by atoms with E-state index >= 15 is 0 Å². The topological polar surface area (TPSA) is 4.93 Å². The molecule has 0 bridgehead atoms. The SMILES string of the molecule is Cc1cccc2cccc(-n3c4ccccc4c4cc5c(cc43)C(C)(C)c3ccccc3-5)c12. The molecule has 33 heavy (non-hydrogen) atoms. The summed E-state index contributed by atoms with van der Waals surface area (Å²) in [6.45, 7) is 6.94. The molecule has 158 valence electrons. The molecule has 1 aliphatic rings. The Balaban J connectivity index is 1.67. The molecule has 7 rings (SSSR count). The van der Waals surface area contributed by atoms with Crippen molar-refractivity contribution >= 4 is 32.6 Å². The highest BCUT2D eigenvalue weighted by molar-refractivity contribution is 6.13. The molecule has 1 aliphatic carbocycles. The molecule has 0 fully saturated rings. The average Bonchev–Trinajstić information content (AvgIpc) is 3.27. The van der Waals surface area contributed by atoms with E-state index in [1.165, 1.54) is 66.1 Å². The lowest BCUT2D eigenvalue weighted by Crippen LogP contribution is -2.15. The van der Waals surface area contributed by atoms with Gasteiger partial charge in [-0.1, -0.05) is 86.6 Å². The van der Waals surface area contributed by atoms with Gasteiger partial charge in [-0.15, -0.1) is 0 Å². The third-order valence-corrected chi connectivity index (χ3v) is 7.71. The Morgan fingerprint density at radius 3 is 2.24 bits per heavy atom. The normalized spacial score (nSPS) is 14.2. The predicted molar refractivity (Wildman–Crippen MR) is 141 cm³/mol. The summed E-state index contributed by atoms with van der Waals surface area (Å²) in [5.41, 5.74) is 10.7. The number of nitrogens with zero attached hydrogens (tertiary/aromatic N) is 1. The van der Waals surface area contributed by atoms with Crippen LogP contribution in [0, 0.1) is 6.92 Å². The highest BCUT2D eigenvalue weighted by Gasteiger charge is 2.36. The third-order valence-electron chi connectivity index (χ3n) is 7.71. The second-order valence-corrected chi connectivity index (χ2v) is 9.89. The van der Waals surface area contributed by atoms with Gasteiger partial charge in [0.25, 0.3) is 0 Å². The maximum absolute atomic E-state index is 2.49. The van der Waals surface area contributed by atoms with E-state index in [0.29, 0.717) is 0 Å². The van der Waals surface area contributed by atoms with Gasteiger partial charge in [-0.3, -0.25) is 0 Å². The fourth-order valence-electron chi connectivity index (χ4n) is 6.11. The molecule has 0 saturated heterocycles. The van der Waals surface area contributed by atoms with Gasteiger partial charge in [0.1, 0.15) is 0 Å². The molecule has 5 aromatic carbocycles. The monoisotopic (exact) mass is 423 g/mol. The lowest BCUT2D eigenvalue weighted by atomic mass is 9.82. The zero-order valence-corrected chi connectivity index (χ0v) is 19.2. The molecular weight excluding hydrogens is 398 g/mol. The van der Waals surface area contributed by atoms with Gasteiger partial charge in [0.15, 0.2) is 0 Å². The number of hydrogen-bond acceptors (Lipinski definition) is 0. The van der Waals surface area contributed by atoms with Crippen molar-refractivity contribution in [1.82, 2.24) is 4.57 Å². The van der Waals surface area contributed by atoms with E-state index < -0.39 is 0 Å². The van der Waals surface area contributed by atoms with E-state index in [1.807, 2.05) is 0 Å². The summed E-state index contributed by atoms with van der Waals surface area (Å²) in [7, 11) is 0. The summed E-state index contributed by atoms with van der Waals surface area (Å²) in [5, 5.41) is 5.24. The van der Waals surface area contributed by atoms with Crippen molar-refractivity contribution in [2.75, 3.05) is 0 Å². The standard InChI is InChI=1S/C32H25N/c1-20-10-8-11-21-12-9-17-29(31(20)21)33-28-16-7-5-14-23(28)25-18-24-22-13-4-6-15-26(22)32(2,3)27(24)19-30(25)33/h4-19H,1-3H3. The van der Waals surface area contributed by atoms with Crippen molar-refractivity contribution in [2.24, 2.45) is 0 Å². The Bertz CT molecular complexity index is 1740. The van der Waals surface area contributed by atoms with Crippen molar-refractivity contribution in [3.8, 4) is 16.8 Å². The van der Waals surface area contributed by atoms with Crippen LogP contribution in [0.25, 0.3) is 49.4 Å². The molecule has 0 radical (unpaired) electrons. The Kier molecular flexibility index (Phi) is 3.60. The van der Waals surface area contributed by atoms with Gasteiger partial charge in [0.2, 0.25) is 0 Å². The smallest absolute Gasteiger partial charge is 0.0544 e. The molecule has 0 spiro atoms.